The molecular formula is C20H32N6. The van der Waals surface area contributed by atoms with Gasteiger partial charge in [-0.3, -0.25) is 14.5 Å². The molecule has 0 aliphatic carbocycles. The zero-order valence-corrected chi connectivity index (χ0v) is 16.2. The largest absolute Gasteiger partial charge is 0.293 e. The highest BCUT2D eigenvalue weighted by molar-refractivity contribution is 5.02. The molecule has 2 aromatic rings. The highest BCUT2D eigenvalue weighted by Crippen LogP contribution is 2.21. The minimum Gasteiger partial charge on any atom is -0.293 e. The van der Waals surface area contributed by atoms with E-state index in [0.29, 0.717) is 12.1 Å². The number of nitrogens with zero attached hydrogens (tertiary/aromatic N) is 6. The standard InChI is InChI=1S/C20H32N6/c1-17-9-3-5-11-23(17)15-19-21-22-20(26(19)25-13-7-8-14-25)16-24-12-6-4-10-18(24)2/h7-8,13-14,17-18H,3-6,9-12,15-16H2,1-2H3/t17-,18-/m1/s1. The summed E-state index contributed by atoms with van der Waals surface area (Å²) >= 11 is 0. The van der Waals surface area contributed by atoms with Gasteiger partial charge in [-0.25, -0.2) is 4.68 Å². The van der Waals surface area contributed by atoms with Crippen LogP contribution in [0.25, 0.3) is 0 Å². The molecule has 0 bridgehead atoms. The zero-order chi connectivity index (χ0) is 17.9. The zero-order valence-electron chi connectivity index (χ0n) is 16.2. The van der Waals surface area contributed by atoms with Crippen LogP contribution in [0.5, 0.6) is 0 Å². The Balaban J connectivity index is 1.59. The molecule has 2 aliphatic rings. The van der Waals surface area contributed by atoms with E-state index < -0.39 is 0 Å². The number of hydrogen-bond acceptors (Lipinski definition) is 4. The van der Waals surface area contributed by atoms with Gasteiger partial charge in [0, 0.05) is 24.5 Å². The molecule has 0 radical (unpaired) electrons. The van der Waals surface area contributed by atoms with Crippen molar-refractivity contribution in [3.05, 3.63) is 36.2 Å². The highest BCUT2D eigenvalue weighted by atomic mass is 15.5. The van der Waals surface area contributed by atoms with E-state index in [1.807, 2.05) is 0 Å². The highest BCUT2D eigenvalue weighted by Gasteiger charge is 2.25. The van der Waals surface area contributed by atoms with Crippen molar-refractivity contribution in [3.63, 3.8) is 0 Å². The van der Waals surface area contributed by atoms with Gasteiger partial charge in [0.1, 0.15) is 0 Å². The quantitative estimate of drug-likeness (QED) is 0.825. The van der Waals surface area contributed by atoms with E-state index in [1.165, 1.54) is 38.5 Å². The maximum Gasteiger partial charge on any atom is 0.167 e. The summed E-state index contributed by atoms with van der Waals surface area (Å²) < 4.78 is 4.36. The molecule has 0 saturated carbocycles. The lowest BCUT2D eigenvalue weighted by Crippen LogP contribution is -2.39. The third kappa shape index (κ3) is 3.71. The summed E-state index contributed by atoms with van der Waals surface area (Å²) in [7, 11) is 0. The van der Waals surface area contributed by atoms with E-state index in [1.54, 1.807) is 0 Å². The van der Waals surface area contributed by atoms with E-state index in [-0.39, 0.29) is 0 Å². The first-order chi connectivity index (χ1) is 12.7. The second kappa shape index (κ2) is 7.92. The van der Waals surface area contributed by atoms with Crippen LogP contribution in [-0.2, 0) is 13.1 Å². The summed E-state index contributed by atoms with van der Waals surface area (Å²) in [4.78, 5) is 5.11. The van der Waals surface area contributed by atoms with Crippen LogP contribution in [-0.4, -0.2) is 54.5 Å². The molecule has 6 heteroatoms. The molecule has 2 atom stereocenters. The number of piperidine rings is 2. The predicted octanol–water partition coefficient (Wildman–Crippen LogP) is 3.14. The van der Waals surface area contributed by atoms with Gasteiger partial charge in [-0.15, -0.1) is 10.2 Å². The number of rotatable bonds is 5. The number of aromatic nitrogens is 4. The maximum absolute atomic E-state index is 4.61. The monoisotopic (exact) mass is 356 g/mol. The van der Waals surface area contributed by atoms with Crippen molar-refractivity contribution in [2.24, 2.45) is 0 Å². The molecule has 0 spiro atoms. The normalized spacial score (nSPS) is 25.6. The first-order valence-electron chi connectivity index (χ1n) is 10.3. The molecule has 26 heavy (non-hydrogen) atoms. The van der Waals surface area contributed by atoms with Gasteiger partial charge in [0.15, 0.2) is 11.6 Å². The van der Waals surface area contributed by atoms with Crippen molar-refractivity contribution >= 4 is 0 Å². The fraction of sp³-hybridized carbons (Fsp3) is 0.700. The Bertz CT molecular complexity index is 650. The lowest BCUT2D eigenvalue weighted by Gasteiger charge is -2.33. The topological polar surface area (TPSA) is 42.1 Å². The van der Waals surface area contributed by atoms with Crippen LogP contribution >= 0.6 is 0 Å². The molecule has 142 valence electrons. The molecular weight excluding hydrogens is 324 g/mol. The molecule has 6 nitrogen and oxygen atoms in total. The molecule has 2 saturated heterocycles. The van der Waals surface area contributed by atoms with Crippen molar-refractivity contribution < 1.29 is 0 Å². The van der Waals surface area contributed by atoms with Gasteiger partial charge < -0.3 is 0 Å². The van der Waals surface area contributed by atoms with Crippen LogP contribution in [0.3, 0.4) is 0 Å². The molecule has 2 aliphatic heterocycles. The van der Waals surface area contributed by atoms with Gasteiger partial charge in [0.05, 0.1) is 13.1 Å². The predicted molar refractivity (Wildman–Crippen MR) is 103 cm³/mol. The first-order valence-corrected chi connectivity index (χ1v) is 10.3. The van der Waals surface area contributed by atoms with Crippen molar-refractivity contribution in [2.45, 2.75) is 77.5 Å². The second-order valence-corrected chi connectivity index (χ2v) is 8.04. The van der Waals surface area contributed by atoms with E-state index in [9.17, 15) is 0 Å². The Hall–Kier alpha value is -1.66. The first kappa shape index (κ1) is 17.7. The summed E-state index contributed by atoms with van der Waals surface area (Å²) in [5.74, 6) is 2.10. The number of likely N-dealkylation sites (tertiary alicyclic amines) is 2. The van der Waals surface area contributed by atoms with Crippen LogP contribution in [0.1, 0.15) is 64.0 Å². The summed E-state index contributed by atoms with van der Waals surface area (Å²) in [6.07, 6.45) is 12.0. The summed E-state index contributed by atoms with van der Waals surface area (Å²) in [5, 5.41) is 9.23. The number of hydrogen-bond donors (Lipinski definition) is 0. The maximum atomic E-state index is 4.61. The lowest BCUT2D eigenvalue weighted by atomic mass is 10.0. The Morgan fingerprint density at radius 1 is 0.808 bits per heavy atom. The molecule has 0 amide bonds. The van der Waals surface area contributed by atoms with Crippen LogP contribution < -0.4 is 0 Å². The van der Waals surface area contributed by atoms with Gasteiger partial charge in [0.25, 0.3) is 0 Å². The molecule has 2 aromatic heterocycles. The van der Waals surface area contributed by atoms with Gasteiger partial charge >= 0.3 is 0 Å². The van der Waals surface area contributed by atoms with E-state index in [0.717, 1.165) is 37.8 Å². The van der Waals surface area contributed by atoms with Crippen LogP contribution in [0.2, 0.25) is 0 Å². The van der Waals surface area contributed by atoms with E-state index >= 15 is 0 Å². The Labute approximate surface area is 156 Å². The van der Waals surface area contributed by atoms with Gasteiger partial charge in [0.2, 0.25) is 0 Å². The fourth-order valence-electron chi connectivity index (χ4n) is 4.42. The summed E-state index contributed by atoms with van der Waals surface area (Å²) in [6.45, 7) is 8.76. The summed E-state index contributed by atoms with van der Waals surface area (Å²) in [6, 6.07) is 5.40. The average Bonchev–Trinajstić information content (AvgIpc) is 3.29. The van der Waals surface area contributed by atoms with Gasteiger partial charge in [-0.2, -0.15) is 0 Å². The third-order valence-electron chi connectivity index (χ3n) is 6.16. The van der Waals surface area contributed by atoms with Crippen molar-refractivity contribution in [1.29, 1.82) is 0 Å². The Morgan fingerprint density at radius 2 is 1.31 bits per heavy atom. The molecule has 0 N–H and O–H groups in total. The smallest absolute Gasteiger partial charge is 0.167 e. The Morgan fingerprint density at radius 3 is 1.77 bits per heavy atom. The van der Waals surface area contributed by atoms with Gasteiger partial charge in [-0.1, -0.05) is 12.8 Å². The average molecular weight is 357 g/mol. The van der Waals surface area contributed by atoms with E-state index in [2.05, 4.69) is 67.7 Å². The van der Waals surface area contributed by atoms with Crippen LogP contribution in [0.15, 0.2) is 24.5 Å². The van der Waals surface area contributed by atoms with Crippen LogP contribution in [0.4, 0.5) is 0 Å². The molecule has 4 heterocycles. The van der Waals surface area contributed by atoms with E-state index in [4.69, 9.17) is 0 Å². The minimum absolute atomic E-state index is 0.629. The molecule has 0 unspecified atom stereocenters. The molecule has 4 rings (SSSR count). The SMILES string of the molecule is C[C@@H]1CCCCN1Cc1nnc(CN2CCCC[C@H]2C)n1-n1cccc1. The van der Waals surface area contributed by atoms with Gasteiger partial charge in [-0.05, 0) is 64.8 Å². The van der Waals surface area contributed by atoms with Crippen LogP contribution in [0, 0.1) is 0 Å². The fourth-order valence-corrected chi connectivity index (χ4v) is 4.42. The van der Waals surface area contributed by atoms with Crippen molar-refractivity contribution in [2.75, 3.05) is 13.1 Å². The third-order valence-corrected chi connectivity index (χ3v) is 6.16. The minimum atomic E-state index is 0.629. The Kier molecular flexibility index (Phi) is 5.41. The lowest BCUT2D eigenvalue weighted by molar-refractivity contribution is 0.141. The van der Waals surface area contributed by atoms with Crippen molar-refractivity contribution in [3.8, 4) is 0 Å². The molecule has 2 fully saturated rings. The van der Waals surface area contributed by atoms with Crippen molar-refractivity contribution in [1.82, 2.24) is 29.3 Å². The summed E-state index contributed by atoms with van der Waals surface area (Å²) in [5.41, 5.74) is 0. The second-order valence-electron chi connectivity index (χ2n) is 8.04. The molecule has 0 aromatic carbocycles.